The second-order valence-electron chi connectivity index (χ2n) is 6.27. The van der Waals surface area contributed by atoms with E-state index in [1.165, 1.54) is 30.0 Å². The molecule has 8 nitrogen and oxygen atoms in total. The van der Waals surface area contributed by atoms with E-state index in [4.69, 9.17) is 11.6 Å². The van der Waals surface area contributed by atoms with Gasteiger partial charge in [-0.05, 0) is 25.5 Å². The molecule has 3 rings (SSSR count). The van der Waals surface area contributed by atoms with Crippen molar-refractivity contribution >= 4 is 40.6 Å². The number of rotatable bonds is 7. The second kappa shape index (κ2) is 9.06. The van der Waals surface area contributed by atoms with E-state index in [9.17, 15) is 14.9 Å². The number of nitrogens with one attached hydrogen (secondary N) is 1. The van der Waals surface area contributed by atoms with Crippen LogP contribution in [0, 0.1) is 17.0 Å². The highest BCUT2D eigenvalue weighted by atomic mass is 35.5. The summed E-state index contributed by atoms with van der Waals surface area (Å²) in [5.74, 6) is 0.398. The fraction of sp³-hybridized carbons (Fsp3) is 0.211. The molecule has 0 aliphatic carbocycles. The second-order valence-corrected chi connectivity index (χ2v) is 7.99. The van der Waals surface area contributed by atoms with E-state index >= 15 is 0 Å². The first-order valence-electron chi connectivity index (χ1n) is 8.70. The lowest BCUT2D eigenvalue weighted by molar-refractivity contribution is -0.384. The number of thioether (sulfide) groups is 1. The molecule has 0 saturated heterocycles. The summed E-state index contributed by atoms with van der Waals surface area (Å²) in [7, 11) is 0. The highest BCUT2D eigenvalue weighted by molar-refractivity contribution is 8.00. The SMILES string of the molecule is Cc1nnc(SC(C)C(=O)Nc2cc([N+](=O)[O-])ccc2Cl)n1Cc1ccccc1. The largest absolute Gasteiger partial charge is 0.324 e. The molecule has 29 heavy (non-hydrogen) atoms. The number of aryl methyl sites for hydroxylation is 1. The van der Waals surface area contributed by atoms with Crippen LogP contribution in [0.1, 0.15) is 18.3 Å². The molecule has 2 aromatic carbocycles. The maximum Gasteiger partial charge on any atom is 0.271 e. The Morgan fingerprint density at radius 1 is 1.28 bits per heavy atom. The van der Waals surface area contributed by atoms with Crippen molar-refractivity contribution in [1.29, 1.82) is 0 Å². The van der Waals surface area contributed by atoms with Crippen molar-refractivity contribution in [2.24, 2.45) is 0 Å². The molecule has 0 bridgehead atoms. The third-order valence-corrected chi connectivity index (χ3v) is 5.57. The fourth-order valence-electron chi connectivity index (χ4n) is 2.57. The molecule has 3 aromatic rings. The van der Waals surface area contributed by atoms with Crippen LogP contribution in [0.2, 0.25) is 5.02 Å². The van der Waals surface area contributed by atoms with E-state index in [1.807, 2.05) is 41.8 Å². The first-order chi connectivity index (χ1) is 13.8. The molecule has 1 unspecified atom stereocenters. The number of amides is 1. The summed E-state index contributed by atoms with van der Waals surface area (Å²) < 4.78 is 1.93. The van der Waals surface area contributed by atoms with Gasteiger partial charge in [-0.1, -0.05) is 53.7 Å². The topological polar surface area (TPSA) is 103 Å². The Hall–Kier alpha value is -2.91. The molecule has 0 fully saturated rings. The van der Waals surface area contributed by atoms with Crippen LogP contribution in [0.25, 0.3) is 0 Å². The number of anilines is 1. The van der Waals surface area contributed by atoms with Crippen molar-refractivity contribution in [3.63, 3.8) is 0 Å². The molecule has 0 aliphatic heterocycles. The molecule has 0 spiro atoms. The van der Waals surface area contributed by atoms with Gasteiger partial charge in [-0.3, -0.25) is 14.9 Å². The quantitative estimate of drug-likeness (QED) is 0.339. The Kier molecular flexibility index (Phi) is 6.50. The van der Waals surface area contributed by atoms with Crippen LogP contribution in [-0.2, 0) is 11.3 Å². The molecule has 1 heterocycles. The van der Waals surface area contributed by atoms with E-state index in [1.54, 1.807) is 6.92 Å². The first-order valence-corrected chi connectivity index (χ1v) is 9.96. The van der Waals surface area contributed by atoms with Crippen LogP contribution in [0.15, 0.2) is 53.7 Å². The number of halogens is 1. The number of nitro groups is 1. The van der Waals surface area contributed by atoms with E-state index in [-0.39, 0.29) is 22.3 Å². The number of carbonyl (C=O) groups is 1. The van der Waals surface area contributed by atoms with Crippen molar-refractivity contribution in [1.82, 2.24) is 14.8 Å². The number of non-ortho nitro benzene ring substituents is 1. The van der Waals surface area contributed by atoms with E-state index in [0.29, 0.717) is 11.7 Å². The summed E-state index contributed by atoms with van der Waals surface area (Å²) in [5.41, 5.74) is 1.14. The molecule has 10 heteroatoms. The van der Waals surface area contributed by atoms with Gasteiger partial charge in [0.15, 0.2) is 5.16 Å². The maximum atomic E-state index is 12.6. The molecular formula is C19H18ClN5O3S. The van der Waals surface area contributed by atoms with Gasteiger partial charge in [0.2, 0.25) is 5.91 Å². The van der Waals surface area contributed by atoms with Gasteiger partial charge < -0.3 is 9.88 Å². The molecule has 150 valence electrons. The summed E-state index contributed by atoms with van der Waals surface area (Å²) in [4.78, 5) is 23.0. The van der Waals surface area contributed by atoms with Crippen molar-refractivity contribution in [2.75, 3.05) is 5.32 Å². The van der Waals surface area contributed by atoms with Gasteiger partial charge in [0.25, 0.3) is 5.69 Å². The third kappa shape index (κ3) is 5.12. The van der Waals surface area contributed by atoms with Gasteiger partial charge in [0.1, 0.15) is 5.82 Å². The summed E-state index contributed by atoms with van der Waals surface area (Å²) in [6.07, 6.45) is 0. The molecule has 1 N–H and O–H groups in total. The standard InChI is InChI=1S/C19H18ClN5O3S/c1-12(18(26)21-17-10-15(25(27)28)8-9-16(17)20)29-19-23-22-13(2)24(19)11-14-6-4-3-5-7-14/h3-10,12H,11H2,1-2H3,(H,21,26). The highest BCUT2D eigenvalue weighted by Gasteiger charge is 2.21. The monoisotopic (exact) mass is 431 g/mol. The lowest BCUT2D eigenvalue weighted by atomic mass is 10.2. The Bertz CT molecular complexity index is 1040. The van der Waals surface area contributed by atoms with Crippen molar-refractivity contribution in [2.45, 2.75) is 30.8 Å². The molecule has 0 saturated carbocycles. The Balaban J connectivity index is 1.72. The number of hydrogen-bond donors (Lipinski definition) is 1. The fourth-order valence-corrected chi connectivity index (χ4v) is 3.62. The molecule has 0 radical (unpaired) electrons. The van der Waals surface area contributed by atoms with E-state index in [2.05, 4.69) is 15.5 Å². The van der Waals surface area contributed by atoms with Crippen LogP contribution >= 0.6 is 23.4 Å². The zero-order valence-corrected chi connectivity index (χ0v) is 17.3. The number of carbonyl (C=O) groups excluding carboxylic acids is 1. The van der Waals surface area contributed by atoms with Crippen molar-refractivity contribution < 1.29 is 9.72 Å². The Morgan fingerprint density at radius 2 is 2.00 bits per heavy atom. The smallest absolute Gasteiger partial charge is 0.271 e. The number of hydrogen-bond acceptors (Lipinski definition) is 6. The van der Waals surface area contributed by atoms with Gasteiger partial charge in [-0.2, -0.15) is 0 Å². The van der Waals surface area contributed by atoms with E-state index < -0.39 is 10.2 Å². The predicted octanol–water partition coefficient (Wildman–Crippen LogP) is 4.32. The van der Waals surface area contributed by atoms with Gasteiger partial charge in [-0.25, -0.2) is 0 Å². The minimum Gasteiger partial charge on any atom is -0.324 e. The molecule has 0 aliphatic rings. The zero-order valence-electron chi connectivity index (χ0n) is 15.7. The molecule has 1 aromatic heterocycles. The van der Waals surface area contributed by atoms with E-state index in [0.717, 1.165) is 11.4 Å². The molecule has 1 amide bonds. The summed E-state index contributed by atoms with van der Waals surface area (Å²) >= 11 is 7.31. The minimum atomic E-state index is -0.543. The number of aromatic nitrogens is 3. The third-order valence-electron chi connectivity index (χ3n) is 4.16. The van der Waals surface area contributed by atoms with Crippen LogP contribution in [0.3, 0.4) is 0 Å². The van der Waals surface area contributed by atoms with Gasteiger partial charge >= 0.3 is 0 Å². The Morgan fingerprint density at radius 3 is 2.69 bits per heavy atom. The lowest BCUT2D eigenvalue weighted by Gasteiger charge is -2.14. The van der Waals surface area contributed by atoms with Crippen LogP contribution < -0.4 is 5.32 Å². The normalized spacial score (nSPS) is 11.8. The van der Waals surface area contributed by atoms with Gasteiger partial charge in [0, 0.05) is 12.1 Å². The average molecular weight is 432 g/mol. The number of benzene rings is 2. The maximum absolute atomic E-state index is 12.6. The van der Waals surface area contributed by atoms with Crippen LogP contribution in [-0.4, -0.2) is 30.8 Å². The summed E-state index contributed by atoms with van der Waals surface area (Å²) in [5, 5.41) is 22.2. The molecule has 1 atom stereocenters. The number of nitrogens with zero attached hydrogens (tertiary/aromatic N) is 4. The van der Waals surface area contributed by atoms with Crippen LogP contribution in [0.5, 0.6) is 0 Å². The lowest BCUT2D eigenvalue weighted by Crippen LogP contribution is -2.23. The molecular weight excluding hydrogens is 414 g/mol. The predicted molar refractivity (Wildman–Crippen MR) is 112 cm³/mol. The number of nitro benzene ring substituents is 1. The van der Waals surface area contributed by atoms with Gasteiger partial charge in [-0.15, -0.1) is 10.2 Å². The zero-order chi connectivity index (χ0) is 21.0. The van der Waals surface area contributed by atoms with Crippen LogP contribution in [0.4, 0.5) is 11.4 Å². The highest BCUT2D eigenvalue weighted by Crippen LogP contribution is 2.29. The minimum absolute atomic E-state index is 0.150. The van der Waals surface area contributed by atoms with Crippen molar-refractivity contribution in [3.05, 3.63) is 75.1 Å². The van der Waals surface area contributed by atoms with Gasteiger partial charge in [0.05, 0.1) is 27.4 Å². The first kappa shape index (κ1) is 20.8. The Labute approximate surface area is 176 Å². The summed E-state index contributed by atoms with van der Waals surface area (Å²) in [6.45, 7) is 4.17. The van der Waals surface area contributed by atoms with Crippen molar-refractivity contribution in [3.8, 4) is 0 Å². The summed E-state index contributed by atoms with van der Waals surface area (Å²) in [6, 6.07) is 13.8. The average Bonchev–Trinajstić information content (AvgIpc) is 3.03.